The lowest BCUT2D eigenvalue weighted by Gasteiger charge is -2.30. The Morgan fingerprint density at radius 3 is 2.67 bits per heavy atom. The molecule has 3 N–H and O–H groups in total. The highest BCUT2D eigenvalue weighted by molar-refractivity contribution is 7.98. The van der Waals surface area contributed by atoms with Gasteiger partial charge in [0, 0.05) is 30.1 Å². The van der Waals surface area contributed by atoms with Crippen molar-refractivity contribution in [1.82, 2.24) is 0 Å². The quantitative estimate of drug-likeness (QED) is 0.614. The van der Waals surface area contributed by atoms with Gasteiger partial charge in [0.05, 0.1) is 0 Å². The van der Waals surface area contributed by atoms with Gasteiger partial charge in [0.25, 0.3) is 0 Å². The topological polar surface area (TPSA) is 53.1 Å². The number of hydrogen-bond donors (Lipinski definition) is 2. The van der Waals surface area contributed by atoms with Crippen molar-refractivity contribution in [2.45, 2.75) is 26.3 Å². The third-order valence-corrected chi connectivity index (χ3v) is 3.92. The molecule has 0 aliphatic rings. The fraction of sp³-hybridized carbons (Fsp3) is 0.500. The number of amidine groups is 1. The number of nitrogens with two attached hydrogens (primary N) is 1. The molecule has 0 fully saturated rings. The number of nitrogens with zero attached hydrogens (tertiary/aromatic N) is 1. The Balaban J connectivity index is 3.11. The number of benzene rings is 1. The lowest BCUT2D eigenvalue weighted by Crippen LogP contribution is -2.34. The summed E-state index contributed by atoms with van der Waals surface area (Å²) in [6.45, 7) is 4.22. The van der Waals surface area contributed by atoms with Crippen LogP contribution in [0.1, 0.15) is 24.5 Å². The van der Waals surface area contributed by atoms with E-state index in [0.29, 0.717) is 6.04 Å². The highest BCUT2D eigenvalue weighted by atomic mass is 32.2. The summed E-state index contributed by atoms with van der Waals surface area (Å²) in [5.74, 6) is 1.22. The molecule has 3 nitrogen and oxygen atoms in total. The first-order valence-electron chi connectivity index (χ1n) is 6.18. The molecule has 0 spiro atoms. The van der Waals surface area contributed by atoms with Crippen LogP contribution >= 0.6 is 11.8 Å². The Kier molecular flexibility index (Phi) is 5.54. The summed E-state index contributed by atoms with van der Waals surface area (Å²) in [6, 6.07) is 6.60. The number of hydrogen-bond acceptors (Lipinski definition) is 3. The third kappa shape index (κ3) is 3.42. The van der Waals surface area contributed by atoms with Crippen molar-refractivity contribution < 1.29 is 0 Å². The zero-order valence-electron chi connectivity index (χ0n) is 11.7. The van der Waals surface area contributed by atoms with E-state index >= 15 is 0 Å². The van der Waals surface area contributed by atoms with Gasteiger partial charge < -0.3 is 10.6 Å². The minimum atomic E-state index is 0.138. The number of nitrogens with one attached hydrogen (secondary N) is 1. The molecular formula is C14H23N3S. The van der Waals surface area contributed by atoms with E-state index in [1.54, 1.807) is 0 Å². The second kappa shape index (κ2) is 6.69. The normalized spacial score (nSPS) is 12.2. The van der Waals surface area contributed by atoms with Crippen molar-refractivity contribution in [3.05, 3.63) is 29.3 Å². The van der Waals surface area contributed by atoms with Crippen molar-refractivity contribution in [3.63, 3.8) is 0 Å². The molecule has 0 bridgehead atoms. The summed E-state index contributed by atoms with van der Waals surface area (Å²) in [5.41, 5.74) is 8.70. The van der Waals surface area contributed by atoms with Crippen molar-refractivity contribution in [1.29, 1.82) is 5.41 Å². The largest absolute Gasteiger partial charge is 0.384 e. The van der Waals surface area contributed by atoms with Gasteiger partial charge in [-0.25, -0.2) is 0 Å². The smallest absolute Gasteiger partial charge is 0.124 e. The lowest BCUT2D eigenvalue weighted by molar-refractivity contribution is 0.673. The van der Waals surface area contributed by atoms with E-state index in [1.807, 2.05) is 24.8 Å². The molecule has 18 heavy (non-hydrogen) atoms. The van der Waals surface area contributed by atoms with Gasteiger partial charge in [0.2, 0.25) is 0 Å². The molecule has 0 aliphatic carbocycles. The van der Waals surface area contributed by atoms with Gasteiger partial charge in [-0.15, -0.1) is 0 Å². The minimum Gasteiger partial charge on any atom is -0.384 e. The van der Waals surface area contributed by atoms with Crippen LogP contribution in [-0.4, -0.2) is 30.9 Å². The summed E-state index contributed by atoms with van der Waals surface area (Å²) in [4.78, 5) is 2.24. The van der Waals surface area contributed by atoms with Gasteiger partial charge in [-0.2, -0.15) is 11.8 Å². The Hall–Kier alpha value is -1.16. The van der Waals surface area contributed by atoms with E-state index in [9.17, 15) is 0 Å². The first-order chi connectivity index (χ1) is 8.51. The fourth-order valence-corrected chi connectivity index (χ4v) is 2.91. The van der Waals surface area contributed by atoms with Gasteiger partial charge >= 0.3 is 0 Å². The molecular weight excluding hydrogens is 242 g/mol. The molecule has 0 radical (unpaired) electrons. The van der Waals surface area contributed by atoms with Crippen LogP contribution in [0.2, 0.25) is 0 Å². The van der Waals surface area contributed by atoms with Crippen LogP contribution in [0.4, 0.5) is 5.69 Å². The second-order valence-corrected chi connectivity index (χ2v) is 5.47. The van der Waals surface area contributed by atoms with Crippen molar-refractivity contribution in [2.24, 2.45) is 5.73 Å². The molecule has 0 saturated heterocycles. The molecule has 100 valence electrons. The predicted molar refractivity (Wildman–Crippen MR) is 83.1 cm³/mol. The van der Waals surface area contributed by atoms with Crippen molar-refractivity contribution >= 4 is 23.3 Å². The predicted octanol–water partition coefficient (Wildman–Crippen LogP) is 2.86. The fourth-order valence-electron chi connectivity index (χ4n) is 2.07. The maximum absolute atomic E-state index is 7.71. The lowest BCUT2D eigenvalue weighted by atomic mass is 10.1. The monoisotopic (exact) mass is 265 g/mol. The molecule has 1 rings (SSSR count). The zero-order chi connectivity index (χ0) is 13.7. The standard InChI is InChI=1S/C14H23N3S/c1-5-11(9-18-4)17(3)13-7-6-10(2)8-12(13)14(15)16/h6-8,11H,5,9H2,1-4H3,(H3,15,16). The third-order valence-electron chi connectivity index (χ3n) is 3.20. The van der Waals surface area contributed by atoms with Gasteiger partial charge in [-0.05, 0) is 31.7 Å². The molecule has 1 aromatic rings. The van der Waals surface area contributed by atoms with Crippen LogP contribution < -0.4 is 10.6 Å². The summed E-state index contributed by atoms with van der Waals surface area (Å²) < 4.78 is 0. The molecule has 0 heterocycles. The van der Waals surface area contributed by atoms with Crippen LogP contribution in [0.25, 0.3) is 0 Å². The van der Waals surface area contributed by atoms with Crippen LogP contribution in [0.3, 0.4) is 0 Å². The molecule has 0 amide bonds. The maximum atomic E-state index is 7.71. The Morgan fingerprint density at radius 1 is 1.50 bits per heavy atom. The highest BCUT2D eigenvalue weighted by Gasteiger charge is 2.16. The Morgan fingerprint density at radius 2 is 2.17 bits per heavy atom. The Bertz CT molecular complexity index is 418. The average Bonchev–Trinajstić information content (AvgIpc) is 2.35. The minimum absolute atomic E-state index is 0.138. The summed E-state index contributed by atoms with van der Waals surface area (Å²) in [7, 11) is 2.08. The molecule has 4 heteroatoms. The van der Waals surface area contributed by atoms with E-state index in [4.69, 9.17) is 11.1 Å². The summed E-state index contributed by atoms with van der Waals surface area (Å²) >= 11 is 1.85. The second-order valence-electron chi connectivity index (χ2n) is 4.56. The molecule has 0 aliphatic heterocycles. The maximum Gasteiger partial charge on any atom is 0.124 e. The molecule has 0 saturated carbocycles. The van der Waals surface area contributed by atoms with Crippen LogP contribution in [-0.2, 0) is 0 Å². The van der Waals surface area contributed by atoms with Crippen LogP contribution in [0, 0.1) is 12.3 Å². The van der Waals surface area contributed by atoms with Crippen LogP contribution in [0.15, 0.2) is 18.2 Å². The number of nitrogen functional groups attached to an aromatic ring is 1. The molecule has 1 aromatic carbocycles. The molecule has 0 aromatic heterocycles. The number of rotatable bonds is 6. The van der Waals surface area contributed by atoms with E-state index in [0.717, 1.165) is 29.0 Å². The van der Waals surface area contributed by atoms with E-state index < -0.39 is 0 Å². The summed E-state index contributed by atoms with van der Waals surface area (Å²) in [6.07, 6.45) is 3.21. The number of aryl methyl sites for hydroxylation is 1. The van der Waals surface area contributed by atoms with Gasteiger partial charge in [-0.1, -0.05) is 18.6 Å². The van der Waals surface area contributed by atoms with E-state index in [1.165, 1.54) is 0 Å². The van der Waals surface area contributed by atoms with Gasteiger partial charge in [0.1, 0.15) is 5.84 Å². The first-order valence-corrected chi connectivity index (χ1v) is 7.57. The van der Waals surface area contributed by atoms with Crippen LogP contribution in [0.5, 0.6) is 0 Å². The Labute approximate surface area is 114 Å². The molecule has 1 unspecified atom stereocenters. The van der Waals surface area contributed by atoms with E-state index in [2.05, 4.69) is 37.3 Å². The van der Waals surface area contributed by atoms with Gasteiger partial charge in [-0.3, -0.25) is 5.41 Å². The zero-order valence-corrected chi connectivity index (χ0v) is 12.5. The first kappa shape index (κ1) is 14.9. The SMILES string of the molecule is CCC(CSC)N(C)c1ccc(C)cc1C(=N)N. The number of thioether (sulfide) groups is 1. The summed E-state index contributed by atoms with van der Waals surface area (Å²) in [5, 5.41) is 7.71. The average molecular weight is 265 g/mol. The molecule has 1 atom stereocenters. The van der Waals surface area contributed by atoms with Crippen molar-refractivity contribution in [3.8, 4) is 0 Å². The van der Waals surface area contributed by atoms with Gasteiger partial charge in [0.15, 0.2) is 0 Å². The highest BCUT2D eigenvalue weighted by Crippen LogP contribution is 2.24. The number of anilines is 1. The van der Waals surface area contributed by atoms with E-state index in [-0.39, 0.29) is 5.84 Å². The van der Waals surface area contributed by atoms with Crippen molar-refractivity contribution in [2.75, 3.05) is 24.0 Å².